The van der Waals surface area contributed by atoms with Gasteiger partial charge in [0.25, 0.3) is 0 Å². The number of carbonyl (C=O) groups is 1. The van der Waals surface area contributed by atoms with E-state index in [2.05, 4.69) is 68.3 Å². The molecule has 4 heterocycles. The lowest BCUT2D eigenvalue weighted by molar-refractivity contribution is 0.0417. The zero-order valence-corrected chi connectivity index (χ0v) is 24.4. The molecule has 214 valence electrons. The molecule has 3 aliphatic heterocycles. The van der Waals surface area contributed by atoms with Crippen molar-refractivity contribution in [1.29, 1.82) is 5.26 Å². The van der Waals surface area contributed by atoms with Crippen LogP contribution in [0.4, 0.5) is 16.2 Å². The predicted octanol–water partition coefficient (Wildman–Crippen LogP) is 4.60. The van der Waals surface area contributed by atoms with E-state index in [4.69, 9.17) is 9.47 Å². The normalized spacial score (nSPS) is 24.2. The second kappa shape index (κ2) is 10.5. The number of alkyl carbamates (subject to hydrolysis) is 1. The summed E-state index contributed by atoms with van der Waals surface area (Å²) in [6.07, 6.45) is 1.22. The quantitative estimate of drug-likeness (QED) is 0.500. The number of piperazine rings is 1. The first-order valence-corrected chi connectivity index (χ1v) is 14.3. The first-order valence-electron chi connectivity index (χ1n) is 14.3. The molecule has 1 aromatic heterocycles. The Morgan fingerprint density at radius 2 is 1.93 bits per heavy atom. The van der Waals surface area contributed by atoms with E-state index in [1.165, 1.54) is 11.1 Å². The van der Waals surface area contributed by atoms with Gasteiger partial charge in [-0.2, -0.15) is 5.26 Å². The molecule has 0 aliphatic carbocycles. The molecule has 41 heavy (non-hydrogen) atoms. The minimum Gasteiger partial charge on any atom is -0.444 e. The number of methoxy groups -OCH3 is 1. The highest BCUT2D eigenvalue weighted by atomic mass is 16.6. The SMILES string of the molecule is CO[C@H]1CN(c2ccc3c(c2)CN2[C@H](C)CN(c4ccc(C#N)c5ncccc45)C[C@H]32)CC1NC(=O)OC(C)(C)C. The van der Waals surface area contributed by atoms with Gasteiger partial charge in [0.2, 0.25) is 0 Å². The maximum atomic E-state index is 12.4. The third-order valence-corrected chi connectivity index (χ3v) is 8.53. The highest BCUT2D eigenvalue weighted by Crippen LogP contribution is 2.42. The number of nitrogens with one attached hydrogen (secondary N) is 1. The summed E-state index contributed by atoms with van der Waals surface area (Å²) in [5.74, 6) is 0. The molecule has 4 atom stereocenters. The smallest absolute Gasteiger partial charge is 0.408 e. The standard InChI is InChI=1S/C32H38N6O3/c1-20-15-37(27-11-8-21(14-33)30-25(27)7-6-12-34-30)18-28-24-10-9-23(13-22(24)16-38(20)28)36-17-26(29(19-36)40-5)35-31(39)41-32(2,3)4/h6-13,20,26,28-29H,15-19H2,1-5H3,(H,35,39)/t20-,26?,28-,29+/m1/s1. The minimum absolute atomic E-state index is 0.118. The van der Waals surface area contributed by atoms with Crippen LogP contribution in [0.3, 0.4) is 0 Å². The molecule has 0 saturated carbocycles. The zero-order chi connectivity index (χ0) is 28.9. The lowest BCUT2D eigenvalue weighted by Crippen LogP contribution is -2.51. The van der Waals surface area contributed by atoms with E-state index in [1.807, 2.05) is 32.9 Å². The van der Waals surface area contributed by atoms with Crippen LogP contribution in [0.25, 0.3) is 10.9 Å². The number of ether oxygens (including phenoxy) is 2. The number of aromatic nitrogens is 1. The van der Waals surface area contributed by atoms with Crippen LogP contribution in [0.5, 0.6) is 0 Å². The second-order valence-electron chi connectivity index (χ2n) is 12.4. The first-order chi connectivity index (χ1) is 19.6. The lowest BCUT2D eigenvalue weighted by atomic mass is 9.99. The summed E-state index contributed by atoms with van der Waals surface area (Å²) in [6.45, 7) is 12.0. The fourth-order valence-corrected chi connectivity index (χ4v) is 6.65. The number of carbonyl (C=O) groups excluding carboxylic acids is 1. The molecule has 3 aromatic rings. The molecule has 9 heteroatoms. The molecule has 2 saturated heterocycles. The van der Waals surface area contributed by atoms with Gasteiger partial charge in [-0.1, -0.05) is 6.07 Å². The van der Waals surface area contributed by atoms with E-state index in [0.717, 1.165) is 41.9 Å². The fraction of sp³-hybridized carbons (Fsp3) is 0.469. The third kappa shape index (κ3) is 5.18. The molecule has 6 rings (SSSR count). The largest absolute Gasteiger partial charge is 0.444 e. The van der Waals surface area contributed by atoms with Crippen LogP contribution in [-0.4, -0.2) is 73.1 Å². The number of benzene rings is 2. The Kier molecular flexibility index (Phi) is 7.00. The Morgan fingerprint density at radius 1 is 1.10 bits per heavy atom. The summed E-state index contributed by atoms with van der Waals surface area (Å²) < 4.78 is 11.2. The van der Waals surface area contributed by atoms with Gasteiger partial charge in [0, 0.05) is 68.8 Å². The molecule has 2 fully saturated rings. The summed E-state index contributed by atoms with van der Waals surface area (Å²) >= 11 is 0. The highest BCUT2D eigenvalue weighted by Gasteiger charge is 2.40. The third-order valence-electron chi connectivity index (χ3n) is 8.53. The topological polar surface area (TPSA) is 94.0 Å². The van der Waals surface area contributed by atoms with Crippen molar-refractivity contribution in [3.8, 4) is 6.07 Å². The molecule has 9 nitrogen and oxygen atoms in total. The summed E-state index contributed by atoms with van der Waals surface area (Å²) in [5.41, 5.74) is 5.82. The van der Waals surface area contributed by atoms with Crippen molar-refractivity contribution in [1.82, 2.24) is 15.2 Å². The van der Waals surface area contributed by atoms with E-state index < -0.39 is 11.7 Å². The van der Waals surface area contributed by atoms with Gasteiger partial charge >= 0.3 is 6.09 Å². The van der Waals surface area contributed by atoms with Gasteiger partial charge in [-0.25, -0.2) is 4.79 Å². The average Bonchev–Trinajstić information content (AvgIpc) is 3.52. The number of hydrogen-bond donors (Lipinski definition) is 1. The monoisotopic (exact) mass is 554 g/mol. The van der Waals surface area contributed by atoms with Crippen LogP contribution >= 0.6 is 0 Å². The number of nitrogens with zero attached hydrogens (tertiary/aromatic N) is 5. The van der Waals surface area contributed by atoms with Crippen LogP contribution in [-0.2, 0) is 16.0 Å². The molecule has 0 bridgehead atoms. The van der Waals surface area contributed by atoms with Crippen molar-refractivity contribution in [2.45, 2.75) is 64.1 Å². The predicted molar refractivity (Wildman–Crippen MR) is 159 cm³/mol. The van der Waals surface area contributed by atoms with Gasteiger partial charge in [0.1, 0.15) is 11.7 Å². The van der Waals surface area contributed by atoms with Crippen molar-refractivity contribution in [2.24, 2.45) is 0 Å². The van der Waals surface area contributed by atoms with E-state index in [-0.39, 0.29) is 18.2 Å². The molecular weight excluding hydrogens is 516 g/mol. The Morgan fingerprint density at radius 3 is 2.68 bits per heavy atom. The molecular formula is C32H38N6O3. The summed E-state index contributed by atoms with van der Waals surface area (Å²) in [4.78, 5) is 24.3. The van der Waals surface area contributed by atoms with Crippen LogP contribution in [0.2, 0.25) is 0 Å². The van der Waals surface area contributed by atoms with Crippen molar-refractivity contribution < 1.29 is 14.3 Å². The average molecular weight is 555 g/mol. The summed E-state index contributed by atoms with van der Waals surface area (Å²) in [7, 11) is 1.69. The van der Waals surface area contributed by atoms with Crippen molar-refractivity contribution in [3.05, 3.63) is 65.4 Å². The van der Waals surface area contributed by atoms with Crippen LogP contribution < -0.4 is 15.1 Å². The van der Waals surface area contributed by atoms with Gasteiger partial charge in [0.05, 0.1) is 29.3 Å². The van der Waals surface area contributed by atoms with Gasteiger partial charge < -0.3 is 24.6 Å². The Labute approximate surface area is 241 Å². The minimum atomic E-state index is -0.548. The number of rotatable bonds is 4. The van der Waals surface area contributed by atoms with E-state index in [0.29, 0.717) is 24.7 Å². The van der Waals surface area contributed by atoms with Crippen LogP contribution in [0.1, 0.15) is 50.4 Å². The molecule has 1 unspecified atom stereocenters. The van der Waals surface area contributed by atoms with Crippen molar-refractivity contribution >= 4 is 28.4 Å². The molecule has 1 amide bonds. The molecule has 0 radical (unpaired) electrons. The number of hydrogen-bond acceptors (Lipinski definition) is 8. The Bertz CT molecular complexity index is 1510. The van der Waals surface area contributed by atoms with Crippen LogP contribution in [0, 0.1) is 11.3 Å². The van der Waals surface area contributed by atoms with Crippen LogP contribution in [0.15, 0.2) is 48.7 Å². The fourth-order valence-electron chi connectivity index (χ4n) is 6.65. The maximum absolute atomic E-state index is 12.4. The molecule has 3 aliphatic rings. The maximum Gasteiger partial charge on any atom is 0.408 e. The van der Waals surface area contributed by atoms with E-state index in [9.17, 15) is 10.1 Å². The number of amides is 1. The van der Waals surface area contributed by atoms with Crippen molar-refractivity contribution in [3.63, 3.8) is 0 Å². The number of pyridine rings is 1. The molecule has 2 aromatic carbocycles. The summed E-state index contributed by atoms with van der Waals surface area (Å²) in [6, 6.07) is 17.6. The highest BCUT2D eigenvalue weighted by molar-refractivity contribution is 5.95. The van der Waals surface area contributed by atoms with Gasteiger partial charge in [-0.3, -0.25) is 9.88 Å². The Hall–Kier alpha value is -3.87. The number of nitriles is 1. The molecule has 1 N–H and O–H groups in total. The van der Waals surface area contributed by atoms with Crippen molar-refractivity contribution in [2.75, 3.05) is 43.1 Å². The zero-order valence-electron chi connectivity index (χ0n) is 24.4. The van der Waals surface area contributed by atoms with E-state index in [1.54, 1.807) is 13.3 Å². The van der Waals surface area contributed by atoms with Gasteiger partial charge in [0.15, 0.2) is 0 Å². The van der Waals surface area contributed by atoms with Gasteiger partial charge in [-0.05, 0) is 75.2 Å². The lowest BCUT2D eigenvalue weighted by Gasteiger charge is -2.43. The number of fused-ring (bicyclic) bond motifs is 4. The van der Waals surface area contributed by atoms with Gasteiger partial charge in [-0.15, -0.1) is 0 Å². The number of anilines is 2. The molecule has 0 spiro atoms. The second-order valence-corrected chi connectivity index (χ2v) is 12.4. The Balaban J connectivity index is 1.21. The first kappa shape index (κ1) is 27.3. The van der Waals surface area contributed by atoms with E-state index >= 15 is 0 Å². The summed E-state index contributed by atoms with van der Waals surface area (Å²) in [5, 5.41) is 13.6.